The first-order chi connectivity index (χ1) is 17.5. The standard InChI is InChI=1S/C27H20FN3O5/c1-34-26(32)22-13-21(25-30-27(33)36-31-25)20-12-18(11-16-7-9-19(28)10-8-16)14-29-23(20)24(22)35-15-17-5-3-2-4-6-17/h2-10,12-14H,11,15H2,1H3,(H,30,31,33). The Morgan fingerprint density at radius 1 is 1.03 bits per heavy atom. The SMILES string of the molecule is COC(=O)c1cc(-c2noc(=O)[nH]2)c2cc(Cc3ccc(F)cc3)cnc2c1OCc1ccccc1. The van der Waals surface area contributed by atoms with Crippen LogP contribution in [0.4, 0.5) is 4.39 Å². The van der Waals surface area contributed by atoms with E-state index in [-0.39, 0.29) is 29.6 Å². The lowest BCUT2D eigenvalue weighted by atomic mass is 9.98. The van der Waals surface area contributed by atoms with Gasteiger partial charge in [-0.2, -0.15) is 0 Å². The highest BCUT2D eigenvalue weighted by Gasteiger charge is 2.23. The molecule has 0 saturated carbocycles. The number of pyridine rings is 1. The van der Waals surface area contributed by atoms with Crippen molar-refractivity contribution in [3.8, 4) is 17.1 Å². The lowest BCUT2D eigenvalue weighted by Gasteiger charge is -2.16. The lowest BCUT2D eigenvalue weighted by molar-refractivity contribution is 0.0596. The van der Waals surface area contributed by atoms with E-state index in [2.05, 4.69) is 15.1 Å². The Kier molecular flexibility index (Phi) is 6.27. The molecule has 0 saturated heterocycles. The van der Waals surface area contributed by atoms with Crippen molar-refractivity contribution >= 4 is 16.9 Å². The highest BCUT2D eigenvalue weighted by Crippen LogP contribution is 2.37. The van der Waals surface area contributed by atoms with Crippen molar-refractivity contribution in [1.29, 1.82) is 0 Å². The predicted octanol–water partition coefficient (Wildman–Crippen LogP) is 4.67. The van der Waals surface area contributed by atoms with Crippen LogP contribution in [0.2, 0.25) is 0 Å². The minimum absolute atomic E-state index is 0.124. The zero-order valence-corrected chi connectivity index (χ0v) is 19.2. The van der Waals surface area contributed by atoms with Crippen molar-refractivity contribution in [3.05, 3.63) is 112 Å². The quantitative estimate of drug-likeness (QED) is 0.334. The maximum absolute atomic E-state index is 13.3. The van der Waals surface area contributed by atoms with Crippen LogP contribution in [0, 0.1) is 5.82 Å². The number of rotatable bonds is 7. The van der Waals surface area contributed by atoms with Gasteiger partial charge in [-0.05, 0) is 47.4 Å². The number of hydrogen-bond acceptors (Lipinski definition) is 7. The van der Waals surface area contributed by atoms with Gasteiger partial charge in [0.05, 0.1) is 7.11 Å². The number of aromatic nitrogens is 3. The van der Waals surface area contributed by atoms with Crippen LogP contribution in [0.1, 0.15) is 27.0 Å². The van der Waals surface area contributed by atoms with Gasteiger partial charge in [-0.1, -0.05) is 47.6 Å². The monoisotopic (exact) mass is 485 g/mol. The van der Waals surface area contributed by atoms with Gasteiger partial charge >= 0.3 is 11.7 Å². The average molecular weight is 485 g/mol. The maximum Gasteiger partial charge on any atom is 0.439 e. The molecular formula is C27H20FN3O5. The zero-order chi connectivity index (χ0) is 25.1. The Bertz CT molecular complexity index is 1590. The summed E-state index contributed by atoms with van der Waals surface area (Å²) in [5.41, 5.74) is 3.53. The van der Waals surface area contributed by atoms with E-state index < -0.39 is 11.7 Å². The van der Waals surface area contributed by atoms with Gasteiger partial charge in [-0.15, -0.1) is 0 Å². The summed E-state index contributed by atoms with van der Waals surface area (Å²) in [6, 6.07) is 19.1. The number of carbonyl (C=O) groups excluding carboxylic acids is 1. The Morgan fingerprint density at radius 2 is 1.81 bits per heavy atom. The number of ether oxygens (including phenoxy) is 2. The summed E-state index contributed by atoms with van der Waals surface area (Å²) in [7, 11) is 1.27. The molecule has 5 aromatic rings. The minimum Gasteiger partial charge on any atom is -0.486 e. The second kappa shape index (κ2) is 9.83. The Hall–Kier alpha value is -4.79. The number of fused-ring (bicyclic) bond motifs is 1. The first kappa shape index (κ1) is 23.0. The number of benzene rings is 3. The number of nitrogens with one attached hydrogen (secondary N) is 1. The molecule has 0 aliphatic rings. The molecule has 36 heavy (non-hydrogen) atoms. The molecule has 0 aliphatic carbocycles. The number of aromatic amines is 1. The predicted molar refractivity (Wildman–Crippen MR) is 129 cm³/mol. The van der Waals surface area contributed by atoms with Gasteiger partial charge in [0.15, 0.2) is 11.6 Å². The summed E-state index contributed by atoms with van der Waals surface area (Å²) < 4.78 is 29.1. The van der Waals surface area contributed by atoms with Gasteiger partial charge in [-0.3, -0.25) is 14.5 Å². The van der Waals surface area contributed by atoms with Crippen molar-refractivity contribution < 1.29 is 23.2 Å². The first-order valence-electron chi connectivity index (χ1n) is 11.0. The Morgan fingerprint density at radius 3 is 2.50 bits per heavy atom. The molecule has 180 valence electrons. The second-order valence-electron chi connectivity index (χ2n) is 8.05. The number of halogens is 1. The number of carbonyl (C=O) groups is 1. The van der Waals surface area contributed by atoms with Gasteiger partial charge < -0.3 is 9.47 Å². The number of nitrogens with zero attached hydrogens (tertiary/aromatic N) is 2. The van der Waals surface area contributed by atoms with E-state index >= 15 is 0 Å². The van der Waals surface area contributed by atoms with E-state index in [1.54, 1.807) is 18.3 Å². The molecular weight excluding hydrogens is 465 g/mol. The third-order valence-corrected chi connectivity index (χ3v) is 5.63. The molecule has 0 radical (unpaired) electrons. The molecule has 0 atom stereocenters. The zero-order valence-electron chi connectivity index (χ0n) is 19.2. The summed E-state index contributed by atoms with van der Waals surface area (Å²) in [5, 5.41) is 4.38. The van der Waals surface area contributed by atoms with E-state index in [4.69, 9.17) is 14.0 Å². The molecule has 0 amide bonds. The number of methoxy groups -OCH3 is 1. The number of hydrogen-bond donors (Lipinski definition) is 1. The second-order valence-corrected chi connectivity index (χ2v) is 8.05. The molecule has 0 fully saturated rings. The Balaban J connectivity index is 1.67. The van der Waals surface area contributed by atoms with Gasteiger partial charge in [0, 0.05) is 17.1 Å². The van der Waals surface area contributed by atoms with Crippen LogP contribution in [0.15, 0.2) is 82.2 Å². The largest absolute Gasteiger partial charge is 0.486 e. The van der Waals surface area contributed by atoms with Crippen molar-refractivity contribution in [2.75, 3.05) is 7.11 Å². The minimum atomic E-state index is -0.738. The average Bonchev–Trinajstić information content (AvgIpc) is 3.34. The first-order valence-corrected chi connectivity index (χ1v) is 11.0. The van der Waals surface area contributed by atoms with Crippen molar-refractivity contribution in [3.63, 3.8) is 0 Å². The summed E-state index contributed by atoms with van der Waals surface area (Å²) in [4.78, 5) is 31.6. The van der Waals surface area contributed by atoms with Gasteiger partial charge in [0.25, 0.3) is 0 Å². The summed E-state index contributed by atoms with van der Waals surface area (Å²) in [6.45, 7) is 0.194. The van der Waals surface area contributed by atoms with Gasteiger partial charge in [0.1, 0.15) is 23.5 Å². The molecule has 5 rings (SSSR count). The maximum atomic E-state index is 13.3. The van der Waals surface area contributed by atoms with E-state index in [0.717, 1.165) is 16.7 Å². The number of H-pyrrole nitrogens is 1. The Labute approximate surface area is 204 Å². The molecule has 3 aromatic carbocycles. The molecule has 2 aromatic heterocycles. The van der Waals surface area contributed by atoms with Crippen LogP contribution in [0.5, 0.6) is 5.75 Å². The fourth-order valence-electron chi connectivity index (χ4n) is 3.92. The normalized spacial score (nSPS) is 10.9. The lowest BCUT2D eigenvalue weighted by Crippen LogP contribution is -2.08. The fourth-order valence-corrected chi connectivity index (χ4v) is 3.92. The molecule has 0 unspecified atom stereocenters. The molecule has 8 nitrogen and oxygen atoms in total. The summed E-state index contributed by atoms with van der Waals surface area (Å²) >= 11 is 0. The van der Waals surface area contributed by atoms with Crippen LogP contribution in [-0.2, 0) is 17.8 Å². The van der Waals surface area contributed by atoms with E-state index in [9.17, 15) is 14.0 Å². The van der Waals surface area contributed by atoms with Crippen molar-refractivity contribution in [2.24, 2.45) is 0 Å². The highest BCUT2D eigenvalue weighted by molar-refractivity contribution is 6.05. The van der Waals surface area contributed by atoms with Crippen molar-refractivity contribution in [1.82, 2.24) is 15.1 Å². The molecule has 1 N–H and O–H groups in total. The smallest absolute Gasteiger partial charge is 0.439 e. The number of esters is 1. The molecule has 2 heterocycles. The topological polar surface area (TPSA) is 107 Å². The molecule has 0 spiro atoms. The van der Waals surface area contributed by atoms with Gasteiger partial charge in [0.2, 0.25) is 0 Å². The van der Waals surface area contributed by atoms with Crippen LogP contribution < -0.4 is 10.5 Å². The van der Waals surface area contributed by atoms with Crippen LogP contribution in [0.25, 0.3) is 22.3 Å². The van der Waals surface area contributed by atoms with Crippen molar-refractivity contribution in [2.45, 2.75) is 13.0 Å². The van der Waals surface area contributed by atoms with E-state index in [0.29, 0.717) is 22.9 Å². The van der Waals surface area contributed by atoms with Gasteiger partial charge in [-0.25, -0.2) is 14.0 Å². The van der Waals surface area contributed by atoms with E-state index in [1.165, 1.54) is 25.3 Å². The third-order valence-electron chi connectivity index (χ3n) is 5.63. The van der Waals surface area contributed by atoms with Crippen LogP contribution >= 0.6 is 0 Å². The molecule has 9 heteroatoms. The summed E-state index contributed by atoms with van der Waals surface area (Å²) in [6.07, 6.45) is 2.15. The molecule has 0 aliphatic heterocycles. The summed E-state index contributed by atoms with van der Waals surface area (Å²) in [5.74, 6) is -1.32. The van der Waals surface area contributed by atoms with Crippen LogP contribution in [-0.4, -0.2) is 28.2 Å². The third kappa shape index (κ3) is 4.72. The van der Waals surface area contributed by atoms with E-state index in [1.807, 2.05) is 36.4 Å². The van der Waals surface area contributed by atoms with Crippen LogP contribution in [0.3, 0.4) is 0 Å². The molecule has 0 bridgehead atoms. The highest BCUT2D eigenvalue weighted by atomic mass is 19.1. The fraction of sp³-hybridized carbons (Fsp3) is 0.111.